The zero-order chi connectivity index (χ0) is 18.4. The summed E-state index contributed by atoms with van der Waals surface area (Å²) >= 11 is 0. The van der Waals surface area contributed by atoms with Gasteiger partial charge in [-0.25, -0.2) is 8.78 Å². The van der Waals surface area contributed by atoms with Crippen molar-refractivity contribution in [2.75, 3.05) is 13.7 Å². The first-order valence-corrected chi connectivity index (χ1v) is 7.93. The number of rotatable bonds is 7. The van der Waals surface area contributed by atoms with E-state index in [1.54, 1.807) is 6.92 Å². The van der Waals surface area contributed by atoms with Crippen molar-refractivity contribution in [1.29, 1.82) is 0 Å². The van der Waals surface area contributed by atoms with Crippen LogP contribution < -0.4 is 5.32 Å². The van der Waals surface area contributed by atoms with Crippen molar-refractivity contribution in [1.82, 2.24) is 5.32 Å². The minimum atomic E-state index is -1.39. The maximum absolute atomic E-state index is 13.8. The van der Waals surface area contributed by atoms with Crippen LogP contribution in [0.4, 0.5) is 8.78 Å². The van der Waals surface area contributed by atoms with Crippen molar-refractivity contribution < 1.29 is 23.4 Å². The van der Waals surface area contributed by atoms with E-state index in [2.05, 4.69) is 5.32 Å². The summed E-state index contributed by atoms with van der Waals surface area (Å²) in [5.41, 5.74) is 0.411. The minimum absolute atomic E-state index is 0.126. The van der Waals surface area contributed by atoms with Gasteiger partial charge in [0.05, 0.1) is 24.7 Å². The molecule has 134 valence electrons. The number of carbonyl (C=O) groups excluding carboxylic acids is 1. The number of ether oxygens (including phenoxy) is 1. The molecule has 6 heteroatoms. The molecule has 0 aliphatic heterocycles. The average Bonchev–Trinajstić information content (AvgIpc) is 2.61. The quantitative estimate of drug-likeness (QED) is 0.754. The number of nitrogens with one attached hydrogen (secondary N) is 1. The summed E-state index contributed by atoms with van der Waals surface area (Å²) in [6, 6.07) is 12.1. The summed E-state index contributed by atoms with van der Waals surface area (Å²) < 4.78 is 32.4. The van der Waals surface area contributed by atoms with Crippen LogP contribution in [0.15, 0.2) is 48.5 Å². The number of aliphatic hydroxyl groups excluding tert-OH is 1. The third kappa shape index (κ3) is 4.61. The van der Waals surface area contributed by atoms with Crippen LogP contribution in [-0.4, -0.2) is 24.7 Å². The van der Waals surface area contributed by atoms with Crippen LogP contribution in [0.5, 0.6) is 0 Å². The molecule has 3 unspecified atom stereocenters. The van der Waals surface area contributed by atoms with E-state index in [0.717, 1.165) is 17.7 Å². The standard InChI is InChI=1S/C19H21F2NO3/c1-12(19(24)25-2)18(13-7-4-3-5-8-13)22-11-16(23)17-14(20)9-6-10-15(17)21/h3-10,12,16,18,22-23H,11H2,1-2H3. The van der Waals surface area contributed by atoms with Crippen molar-refractivity contribution >= 4 is 5.97 Å². The van der Waals surface area contributed by atoms with Crippen molar-refractivity contribution in [3.8, 4) is 0 Å². The molecule has 4 nitrogen and oxygen atoms in total. The fraction of sp³-hybridized carbons (Fsp3) is 0.316. The van der Waals surface area contributed by atoms with E-state index >= 15 is 0 Å². The van der Waals surface area contributed by atoms with Gasteiger partial charge in [0.2, 0.25) is 0 Å². The molecule has 2 aromatic carbocycles. The van der Waals surface area contributed by atoms with Crippen LogP contribution in [0.3, 0.4) is 0 Å². The minimum Gasteiger partial charge on any atom is -0.469 e. The third-order valence-electron chi connectivity index (χ3n) is 4.10. The van der Waals surface area contributed by atoms with Gasteiger partial charge in [-0.3, -0.25) is 4.79 Å². The number of hydrogen-bond donors (Lipinski definition) is 2. The summed E-state index contributed by atoms with van der Waals surface area (Å²) in [6.45, 7) is 1.56. The number of aliphatic hydroxyl groups is 1. The largest absolute Gasteiger partial charge is 0.469 e. The van der Waals surface area contributed by atoms with Crippen LogP contribution in [-0.2, 0) is 9.53 Å². The van der Waals surface area contributed by atoms with E-state index in [9.17, 15) is 18.7 Å². The van der Waals surface area contributed by atoms with Gasteiger partial charge in [0.15, 0.2) is 0 Å². The maximum Gasteiger partial charge on any atom is 0.310 e. The first-order valence-electron chi connectivity index (χ1n) is 7.93. The Labute approximate surface area is 145 Å². The summed E-state index contributed by atoms with van der Waals surface area (Å²) in [5.74, 6) is -2.60. The van der Waals surface area contributed by atoms with E-state index in [1.165, 1.54) is 13.2 Å². The Morgan fingerprint density at radius 2 is 1.72 bits per heavy atom. The molecule has 0 spiro atoms. The summed E-state index contributed by atoms with van der Waals surface area (Å²) in [5, 5.41) is 13.2. The first kappa shape index (κ1) is 19.0. The van der Waals surface area contributed by atoms with Crippen LogP contribution in [0, 0.1) is 17.6 Å². The molecule has 0 heterocycles. The molecule has 0 amide bonds. The lowest BCUT2D eigenvalue weighted by atomic mass is 9.94. The number of halogens is 2. The predicted molar refractivity (Wildman–Crippen MR) is 89.7 cm³/mol. The van der Waals surface area contributed by atoms with E-state index in [1.807, 2.05) is 30.3 Å². The predicted octanol–water partition coefficient (Wildman–Crippen LogP) is 3.14. The van der Waals surface area contributed by atoms with E-state index in [4.69, 9.17) is 4.74 Å². The molecule has 0 bridgehead atoms. The van der Waals surface area contributed by atoms with Crippen molar-refractivity contribution in [2.24, 2.45) is 5.92 Å². The first-order chi connectivity index (χ1) is 12.0. The van der Waals surface area contributed by atoms with Crippen LogP contribution in [0.25, 0.3) is 0 Å². The number of benzene rings is 2. The van der Waals surface area contributed by atoms with E-state index < -0.39 is 41.2 Å². The summed E-state index contributed by atoms with van der Waals surface area (Å²) in [6.07, 6.45) is -1.39. The molecule has 2 aromatic rings. The van der Waals surface area contributed by atoms with E-state index in [-0.39, 0.29) is 6.54 Å². The Bertz CT molecular complexity index is 689. The normalized spacial score (nSPS) is 14.6. The lowest BCUT2D eigenvalue weighted by Gasteiger charge is -2.25. The second-order valence-corrected chi connectivity index (χ2v) is 5.76. The van der Waals surface area contributed by atoms with Crippen LogP contribution in [0.2, 0.25) is 0 Å². The Morgan fingerprint density at radius 1 is 1.12 bits per heavy atom. The topological polar surface area (TPSA) is 58.6 Å². The molecular formula is C19H21F2NO3. The molecule has 0 aromatic heterocycles. The van der Waals surface area contributed by atoms with Gasteiger partial charge in [0.1, 0.15) is 11.6 Å². The molecule has 3 atom stereocenters. The zero-order valence-corrected chi connectivity index (χ0v) is 14.1. The average molecular weight is 349 g/mol. The fourth-order valence-corrected chi connectivity index (χ4v) is 2.74. The van der Waals surface area contributed by atoms with Gasteiger partial charge in [0.25, 0.3) is 0 Å². The molecule has 25 heavy (non-hydrogen) atoms. The molecule has 0 saturated carbocycles. The SMILES string of the molecule is COC(=O)C(C)C(NCC(O)c1c(F)cccc1F)c1ccccc1. The highest BCUT2D eigenvalue weighted by Crippen LogP contribution is 2.25. The lowest BCUT2D eigenvalue weighted by Crippen LogP contribution is -2.34. The van der Waals surface area contributed by atoms with Crippen molar-refractivity contribution in [2.45, 2.75) is 19.1 Å². The van der Waals surface area contributed by atoms with Crippen LogP contribution in [0.1, 0.15) is 30.2 Å². The van der Waals surface area contributed by atoms with Gasteiger partial charge in [-0.1, -0.05) is 43.3 Å². The third-order valence-corrected chi connectivity index (χ3v) is 4.10. The van der Waals surface area contributed by atoms with Crippen LogP contribution >= 0.6 is 0 Å². The Morgan fingerprint density at radius 3 is 2.28 bits per heavy atom. The van der Waals surface area contributed by atoms with Gasteiger partial charge < -0.3 is 15.2 Å². The molecule has 0 aliphatic rings. The highest BCUT2D eigenvalue weighted by Gasteiger charge is 2.27. The lowest BCUT2D eigenvalue weighted by molar-refractivity contribution is -0.146. The monoisotopic (exact) mass is 349 g/mol. The summed E-state index contributed by atoms with van der Waals surface area (Å²) in [4.78, 5) is 11.9. The van der Waals surface area contributed by atoms with Crippen molar-refractivity contribution in [3.63, 3.8) is 0 Å². The molecular weight excluding hydrogens is 328 g/mol. The second kappa shape index (κ2) is 8.69. The highest BCUT2D eigenvalue weighted by molar-refractivity contribution is 5.73. The zero-order valence-electron chi connectivity index (χ0n) is 14.1. The maximum atomic E-state index is 13.8. The number of carbonyl (C=O) groups is 1. The molecule has 0 fully saturated rings. The highest BCUT2D eigenvalue weighted by atomic mass is 19.1. The Balaban J connectivity index is 2.18. The fourth-order valence-electron chi connectivity index (χ4n) is 2.74. The Hall–Kier alpha value is -2.31. The van der Waals surface area contributed by atoms with Gasteiger partial charge in [-0.05, 0) is 17.7 Å². The van der Waals surface area contributed by atoms with Gasteiger partial charge in [0, 0.05) is 12.6 Å². The number of methoxy groups -OCH3 is 1. The molecule has 0 saturated heterocycles. The molecule has 2 rings (SSSR count). The smallest absolute Gasteiger partial charge is 0.310 e. The molecule has 0 radical (unpaired) electrons. The van der Waals surface area contributed by atoms with Crippen molar-refractivity contribution in [3.05, 3.63) is 71.3 Å². The number of esters is 1. The van der Waals surface area contributed by atoms with E-state index in [0.29, 0.717) is 0 Å². The summed E-state index contributed by atoms with van der Waals surface area (Å²) in [7, 11) is 1.30. The van der Waals surface area contributed by atoms with Gasteiger partial charge >= 0.3 is 5.97 Å². The Kier molecular flexibility index (Phi) is 6.61. The number of hydrogen-bond acceptors (Lipinski definition) is 4. The molecule has 0 aliphatic carbocycles. The van der Waals surface area contributed by atoms with Gasteiger partial charge in [-0.2, -0.15) is 0 Å². The second-order valence-electron chi connectivity index (χ2n) is 5.76. The molecule has 2 N–H and O–H groups in total. The van der Waals surface area contributed by atoms with Gasteiger partial charge in [-0.15, -0.1) is 0 Å².